The molecule has 1 aromatic heterocycles. The molecule has 3 rings (SSSR count). The fourth-order valence-electron chi connectivity index (χ4n) is 3.89. The van der Waals surface area contributed by atoms with Gasteiger partial charge in [0.15, 0.2) is 5.54 Å². The first-order valence-corrected chi connectivity index (χ1v) is 10.6. The van der Waals surface area contributed by atoms with Crippen molar-refractivity contribution in [2.75, 3.05) is 4.90 Å². The number of amides is 2. The maximum atomic E-state index is 14.1. The van der Waals surface area contributed by atoms with Crippen molar-refractivity contribution in [3.8, 4) is 0 Å². The van der Waals surface area contributed by atoms with Gasteiger partial charge < -0.3 is 5.32 Å². The Labute approximate surface area is 189 Å². The molecule has 32 heavy (non-hydrogen) atoms. The molecule has 172 valence electrons. The summed E-state index contributed by atoms with van der Waals surface area (Å²) in [5.74, 6) is -4.58. The lowest BCUT2D eigenvalue weighted by Crippen LogP contribution is -2.60. The molecule has 1 aromatic carbocycles. The molecule has 10 heteroatoms. The summed E-state index contributed by atoms with van der Waals surface area (Å²) in [6.45, 7) is 3.21. The van der Waals surface area contributed by atoms with Crippen molar-refractivity contribution in [2.45, 2.75) is 62.7 Å². The van der Waals surface area contributed by atoms with Crippen LogP contribution in [0.5, 0.6) is 0 Å². The van der Waals surface area contributed by atoms with Crippen molar-refractivity contribution in [2.24, 2.45) is 0 Å². The number of hydrogen-bond acceptors (Lipinski definition) is 4. The van der Waals surface area contributed by atoms with Crippen LogP contribution in [-0.2, 0) is 15.1 Å². The van der Waals surface area contributed by atoms with Crippen LogP contribution in [0, 0.1) is 6.92 Å². The summed E-state index contributed by atoms with van der Waals surface area (Å²) in [5.41, 5.74) is -2.99. The average molecular weight is 469 g/mol. The summed E-state index contributed by atoms with van der Waals surface area (Å²) in [6.07, 6.45) is 3.41. The predicted octanol–water partition coefficient (Wildman–Crippen LogP) is 4.26. The molecule has 0 saturated heterocycles. The van der Waals surface area contributed by atoms with Crippen LogP contribution < -0.4 is 10.2 Å². The first kappa shape index (κ1) is 24.0. The first-order chi connectivity index (χ1) is 15.0. The summed E-state index contributed by atoms with van der Waals surface area (Å²) in [4.78, 5) is 35.4. The lowest BCUT2D eigenvalue weighted by Gasteiger charge is -2.41. The Morgan fingerprint density at radius 2 is 1.88 bits per heavy atom. The molecule has 0 spiro atoms. The molecule has 1 aliphatic carbocycles. The van der Waals surface area contributed by atoms with Gasteiger partial charge in [-0.25, -0.2) is 23.1 Å². The predicted molar refractivity (Wildman–Crippen MR) is 114 cm³/mol. The average Bonchev–Trinajstić information content (AvgIpc) is 2.75. The van der Waals surface area contributed by atoms with Gasteiger partial charge in [-0.3, -0.25) is 14.5 Å². The van der Waals surface area contributed by atoms with Gasteiger partial charge >= 0.3 is 0 Å². The Morgan fingerprint density at radius 1 is 1.25 bits per heavy atom. The molecule has 0 aliphatic heterocycles. The zero-order valence-corrected chi connectivity index (χ0v) is 18.5. The van der Waals surface area contributed by atoms with Crippen molar-refractivity contribution >= 4 is 29.1 Å². The maximum Gasteiger partial charge on any atom is 0.278 e. The van der Waals surface area contributed by atoms with E-state index in [2.05, 4.69) is 15.3 Å². The topological polar surface area (TPSA) is 75.2 Å². The number of nitrogens with zero attached hydrogens (tertiary/aromatic N) is 3. The Balaban J connectivity index is 2.06. The van der Waals surface area contributed by atoms with E-state index in [-0.39, 0.29) is 36.9 Å². The lowest BCUT2D eigenvalue weighted by molar-refractivity contribution is -0.132. The standard InChI is InChI=1S/C22H24ClF3N4O2/c1-14-4-3-5-17(10-14)30(19(31)18(23)24)21(2,15-11-27-13-28-12-15)20(32)29-16-6-8-22(25,26)9-7-16/h3-5,10-13,16,18H,6-9H2,1-2H3,(H,29,32)/t18-,21-/m0/s1. The van der Waals surface area contributed by atoms with Crippen molar-refractivity contribution < 1.29 is 22.8 Å². The minimum Gasteiger partial charge on any atom is -0.351 e. The van der Waals surface area contributed by atoms with Crippen LogP contribution >= 0.6 is 11.6 Å². The Kier molecular flexibility index (Phi) is 7.07. The highest BCUT2D eigenvalue weighted by atomic mass is 35.5. The molecule has 1 heterocycles. The van der Waals surface area contributed by atoms with Crippen molar-refractivity contribution in [1.82, 2.24) is 15.3 Å². The minimum atomic E-state index is -2.76. The van der Waals surface area contributed by atoms with E-state index in [1.165, 1.54) is 25.6 Å². The van der Waals surface area contributed by atoms with Gasteiger partial charge in [-0.2, -0.15) is 0 Å². The molecule has 0 unspecified atom stereocenters. The second-order valence-corrected chi connectivity index (χ2v) is 8.50. The molecule has 1 saturated carbocycles. The molecule has 2 atom stereocenters. The number of aryl methyl sites for hydroxylation is 1. The molecule has 2 amide bonds. The summed E-state index contributed by atoms with van der Waals surface area (Å²) >= 11 is 5.53. The van der Waals surface area contributed by atoms with Gasteiger partial charge in [-0.1, -0.05) is 23.7 Å². The van der Waals surface area contributed by atoms with E-state index in [1.54, 1.807) is 31.2 Å². The van der Waals surface area contributed by atoms with Crippen LogP contribution in [0.15, 0.2) is 43.0 Å². The smallest absolute Gasteiger partial charge is 0.278 e. The van der Waals surface area contributed by atoms with Gasteiger partial charge in [0, 0.05) is 42.5 Å². The number of halogens is 4. The lowest BCUT2D eigenvalue weighted by atomic mass is 9.87. The largest absolute Gasteiger partial charge is 0.351 e. The molecule has 2 aromatic rings. The van der Waals surface area contributed by atoms with E-state index in [1.807, 2.05) is 0 Å². The number of alkyl halides is 4. The normalized spacial score (nSPS) is 18.9. The molecular formula is C22H24ClF3N4O2. The van der Waals surface area contributed by atoms with E-state index >= 15 is 0 Å². The third-order valence-electron chi connectivity index (χ3n) is 5.73. The third-order valence-corrected chi connectivity index (χ3v) is 5.92. The zero-order valence-electron chi connectivity index (χ0n) is 17.7. The highest BCUT2D eigenvalue weighted by molar-refractivity contribution is 6.32. The van der Waals surface area contributed by atoms with E-state index in [0.29, 0.717) is 0 Å². The molecule has 0 radical (unpaired) electrons. The van der Waals surface area contributed by atoms with E-state index in [4.69, 9.17) is 11.6 Å². The van der Waals surface area contributed by atoms with E-state index < -0.39 is 34.9 Å². The van der Waals surface area contributed by atoms with Crippen LogP contribution in [0.2, 0.25) is 0 Å². The monoisotopic (exact) mass is 468 g/mol. The summed E-state index contributed by atoms with van der Waals surface area (Å²) in [6, 6.07) is 6.10. The first-order valence-electron chi connectivity index (χ1n) is 10.2. The van der Waals surface area contributed by atoms with E-state index in [0.717, 1.165) is 10.5 Å². The molecule has 1 aliphatic rings. The van der Waals surface area contributed by atoms with Crippen LogP contribution in [0.4, 0.5) is 18.9 Å². The van der Waals surface area contributed by atoms with Crippen LogP contribution in [-0.4, -0.2) is 39.4 Å². The zero-order chi connectivity index (χ0) is 23.5. The van der Waals surface area contributed by atoms with Gasteiger partial charge in [0.25, 0.3) is 17.4 Å². The van der Waals surface area contributed by atoms with Crippen LogP contribution in [0.1, 0.15) is 43.7 Å². The molecule has 1 N–H and O–H groups in total. The highest BCUT2D eigenvalue weighted by Gasteiger charge is 2.48. The number of rotatable bonds is 6. The number of carbonyl (C=O) groups excluding carboxylic acids is 2. The number of anilines is 1. The summed E-state index contributed by atoms with van der Waals surface area (Å²) < 4.78 is 41.2. The number of carbonyl (C=O) groups is 2. The number of hydrogen-bond donors (Lipinski definition) is 1. The van der Waals surface area contributed by atoms with Gasteiger partial charge in [-0.15, -0.1) is 0 Å². The van der Waals surface area contributed by atoms with Crippen LogP contribution in [0.25, 0.3) is 0 Å². The van der Waals surface area contributed by atoms with Gasteiger partial charge in [0.05, 0.1) is 0 Å². The highest BCUT2D eigenvalue weighted by Crippen LogP contribution is 2.37. The Hall–Kier alpha value is -2.68. The summed E-state index contributed by atoms with van der Waals surface area (Å²) in [7, 11) is 0. The molecule has 1 fully saturated rings. The summed E-state index contributed by atoms with van der Waals surface area (Å²) in [5, 5.41) is 2.77. The minimum absolute atomic E-state index is 0.0831. The maximum absolute atomic E-state index is 14.1. The van der Waals surface area contributed by atoms with E-state index in [9.17, 15) is 22.8 Å². The number of nitrogens with one attached hydrogen (secondary N) is 1. The van der Waals surface area contributed by atoms with Crippen molar-refractivity contribution in [3.05, 3.63) is 54.1 Å². The second-order valence-electron chi connectivity index (χ2n) is 8.12. The molecule has 0 bridgehead atoms. The Morgan fingerprint density at radius 3 is 2.44 bits per heavy atom. The molecular weight excluding hydrogens is 445 g/mol. The van der Waals surface area contributed by atoms with Crippen molar-refractivity contribution in [3.63, 3.8) is 0 Å². The second kappa shape index (κ2) is 9.44. The third kappa shape index (κ3) is 5.03. The SMILES string of the molecule is Cc1cccc(N(C(=O)[C@H](F)Cl)[C@](C)(C(=O)NC2CCC(F)(F)CC2)c2cncnc2)c1. The fraction of sp³-hybridized carbons (Fsp3) is 0.455. The van der Waals surface area contributed by atoms with Gasteiger partial charge in [0.2, 0.25) is 5.92 Å². The number of benzene rings is 1. The fourth-order valence-corrected chi connectivity index (χ4v) is 3.99. The van der Waals surface area contributed by atoms with Gasteiger partial charge in [0.1, 0.15) is 6.33 Å². The van der Waals surface area contributed by atoms with Gasteiger partial charge in [-0.05, 0) is 44.4 Å². The van der Waals surface area contributed by atoms with Crippen molar-refractivity contribution in [1.29, 1.82) is 0 Å². The Bertz CT molecular complexity index is 967. The molecule has 6 nitrogen and oxygen atoms in total. The van der Waals surface area contributed by atoms with Crippen LogP contribution in [0.3, 0.4) is 0 Å². The quantitative estimate of drug-likeness (QED) is 0.643. The number of aromatic nitrogens is 2.